The molecular formula is C27H26N10O3. The summed E-state index contributed by atoms with van der Waals surface area (Å²) in [5.41, 5.74) is 3.93. The van der Waals surface area contributed by atoms with Crippen LogP contribution < -0.4 is 20.9 Å². The number of carbonyl (C=O) groups excluding carboxylic acids is 3. The van der Waals surface area contributed by atoms with Gasteiger partial charge in [-0.05, 0) is 49.8 Å². The molecule has 2 aliphatic carbocycles. The predicted octanol–water partition coefficient (Wildman–Crippen LogP) is 2.51. The molecule has 3 aliphatic rings. The lowest BCUT2D eigenvalue weighted by molar-refractivity contribution is -0.118. The summed E-state index contributed by atoms with van der Waals surface area (Å²) in [7, 11) is 0. The van der Waals surface area contributed by atoms with Crippen molar-refractivity contribution in [1.29, 1.82) is 0 Å². The highest BCUT2D eigenvalue weighted by Gasteiger charge is 2.46. The Bertz CT molecular complexity index is 1680. The maximum atomic E-state index is 12.8. The zero-order valence-corrected chi connectivity index (χ0v) is 21.7. The van der Waals surface area contributed by atoms with Crippen molar-refractivity contribution in [2.75, 3.05) is 22.1 Å². The number of hydrogen-bond acceptors (Lipinski definition) is 9. The maximum absolute atomic E-state index is 12.8. The van der Waals surface area contributed by atoms with E-state index in [0.29, 0.717) is 47.7 Å². The highest BCUT2D eigenvalue weighted by atomic mass is 16.2. The van der Waals surface area contributed by atoms with E-state index >= 15 is 0 Å². The van der Waals surface area contributed by atoms with Crippen LogP contribution in [-0.2, 0) is 16.1 Å². The predicted molar refractivity (Wildman–Crippen MR) is 144 cm³/mol. The van der Waals surface area contributed by atoms with Crippen LogP contribution in [0.1, 0.15) is 53.9 Å². The van der Waals surface area contributed by atoms with Gasteiger partial charge in [0, 0.05) is 42.2 Å². The minimum Gasteiger partial charge on any atom is -0.364 e. The van der Waals surface area contributed by atoms with Gasteiger partial charge >= 0.3 is 6.03 Å². The lowest BCUT2D eigenvalue weighted by atomic mass is 10.1. The molecule has 0 bridgehead atoms. The summed E-state index contributed by atoms with van der Waals surface area (Å²) >= 11 is 0. The number of nitrogens with one attached hydrogen (secondary N) is 3. The van der Waals surface area contributed by atoms with Crippen molar-refractivity contribution in [2.45, 2.75) is 44.6 Å². The first kappa shape index (κ1) is 24.1. The maximum Gasteiger partial charge on any atom is 0.329 e. The van der Waals surface area contributed by atoms with Gasteiger partial charge in [0.1, 0.15) is 30.3 Å². The average molecular weight is 539 g/mol. The first-order valence-electron chi connectivity index (χ1n) is 13.2. The highest BCUT2D eigenvalue weighted by molar-refractivity contribution is 6.13. The van der Waals surface area contributed by atoms with E-state index in [4.69, 9.17) is 4.98 Å². The molecule has 4 aromatic heterocycles. The smallest absolute Gasteiger partial charge is 0.329 e. The van der Waals surface area contributed by atoms with Gasteiger partial charge in [-0.2, -0.15) is 0 Å². The van der Waals surface area contributed by atoms with E-state index < -0.39 is 6.03 Å². The number of aryl methyl sites for hydroxylation is 1. The van der Waals surface area contributed by atoms with E-state index in [1.807, 2.05) is 35.9 Å². The average Bonchev–Trinajstić information content (AvgIpc) is 3.86. The fourth-order valence-corrected chi connectivity index (χ4v) is 5.05. The quantitative estimate of drug-likeness (QED) is 0.286. The molecule has 202 valence electrons. The molecule has 13 nitrogen and oxygen atoms in total. The van der Waals surface area contributed by atoms with Crippen molar-refractivity contribution >= 4 is 40.8 Å². The molecule has 0 radical (unpaired) electrons. The molecule has 13 heteroatoms. The summed E-state index contributed by atoms with van der Waals surface area (Å²) in [6.07, 6.45) is 9.95. The van der Waals surface area contributed by atoms with E-state index in [1.165, 1.54) is 11.2 Å². The standard InChI is InChI=1S/C27H26N10O3/c1-14-4-5-28-24(32-14)18-7-19(18)26(39)34-22-8-21(30-13-31-22)29-9-17-11-36-10-16(15-2-3-15)6-20(25(36)33-17)37-12-23(38)35-27(37)40/h4-6,8,10-11,13,15,18-19H,2-3,7,9,12H2,1H3,(H,35,38,40)(H2,29,30,31,34,39)/t18-,19-/m0/s1. The molecule has 4 aromatic rings. The van der Waals surface area contributed by atoms with Gasteiger partial charge in [-0.25, -0.2) is 29.7 Å². The minimum atomic E-state index is -0.443. The number of hydrogen-bond donors (Lipinski definition) is 3. The lowest BCUT2D eigenvalue weighted by Crippen LogP contribution is -2.28. The molecule has 0 spiro atoms. The Morgan fingerprint density at radius 3 is 2.73 bits per heavy atom. The Labute approximate surface area is 228 Å². The van der Waals surface area contributed by atoms with Gasteiger partial charge in [0.05, 0.1) is 17.9 Å². The van der Waals surface area contributed by atoms with Crippen molar-refractivity contribution in [2.24, 2.45) is 5.92 Å². The van der Waals surface area contributed by atoms with Crippen LogP contribution in [-0.4, -0.2) is 53.7 Å². The van der Waals surface area contributed by atoms with Gasteiger partial charge in [0.15, 0.2) is 5.65 Å². The van der Waals surface area contributed by atoms with Crippen LogP contribution in [0, 0.1) is 12.8 Å². The molecule has 4 amide bonds. The summed E-state index contributed by atoms with van der Waals surface area (Å²) in [6.45, 7) is 2.23. The van der Waals surface area contributed by atoms with E-state index in [2.05, 4.69) is 35.9 Å². The van der Waals surface area contributed by atoms with Crippen molar-refractivity contribution in [3.8, 4) is 0 Å². The Kier molecular flexibility index (Phi) is 5.65. The summed E-state index contributed by atoms with van der Waals surface area (Å²) in [4.78, 5) is 60.4. The van der Waals surface area contributed by atoms with E-state index in [-0.39, 0.29) is 30.2 Å². The van der Waals surface area contributed by atoms with Crippen LogP contribution in [0.3, 0.4) is 0 Å². The summed E-state index contributed by atoms with van der Waals surface area (Å²) < 4.78 is 1.91. The van der Waals surface area contributed by atoms with Gasteiger partial charge < -0.3 is 15.0 Å². The molecule has 40 heavy (non-hydrogen) atoms. The number of urea groups is 1. The Hall–Kier alpha value is -4.94. The second kappa shape index (κ2) is 9.36. The first-order valence-corrected chi connectivity index (χ1v) is 13.2. The number of carbonyl (C=O) groups is 3. The number of nitrogens with zero attached hydrogens (tertiary/aromatic N) is 7. The molecule has 3 N–H and O–H groups in total. The zero-order valence-electron chi connectivity index (χ0n) is 21.7. The molecule has 5 heterocycles. The minimum absolute atomic E-state index is 0.0180. The molecule has 1 aliphatic heterocycles. The fraction of sp³-hybridized carbons (Fsp3) is 0.333. The van der Waals surface area contributed by atoms with Crippen LogP contribution in [0.5, 0.6) is 0 Å². The SMILES string of the molecule is Cc1ccnc([C@H]2C[C@@H]2C(=O)Nc2cc(NCc3cn4cc(C5CC5)cc(N5CC(=O)NC5=O)c4n3)ncn2)n1. The summed E-state index contributed by atoms with van der Waals surface area (Å²) in [5.74, 6) is 1.46. The second-order valence-electron chi connectivity index (χ2n) is 10.5. The van der Waals surface area contributed by atoms with Crippen molar-refractivity contribution in [3.05, 3.63) is 65.9 Å². The topological polar surface area (TPSA) is 159 Å². The van der Waals surface area contributed by atoms with E-state index in [9.17, 15) is 14.4 Å². The number of aromatic nitrogens is 6. The molecule has 0 unspecified atom stereocenters. The highest BCUT2D eigenvalue weighted by Crippen LogP contribution is 2.46. The Balaban J connectivity index is 1.04. The summed E-state index contributed by atoms with van der Waals surface area (Å²) in [5, 5.41) is 8.44. The number of anilines is 3. The van der Waals surface area contributed by atoms with Gasteiger partial charge in [-0.15, -0.1) is 0 Å². The van der Waals surface area contributed by atoms with Crippen LogP contribution in [0.15, 0.2) is 43.1 Å². The van der Waals surface area contributed by atoms with Crippen LogP contribution in [0.25, 0.3) is 5.65 Å². The fourth-order valence-electron chi connectivity index (χ4n) is 5.05. The van der Waals surface area contributed by atoms with Gasteiger partial charge in [-0.1, -0.05) is 0 Å². The number of rotatable bonds is 8. The van der Waals surface area contributed by atoms with E-state index in [0.717, 1.165) is 29.8 Å². The number of imidazole rings is 1. The molecule has 3 fully saturated rings. The largest absolute Gasteiger partial charge is 0.364 e. The lowest BCUT2D eigenvalue weighted by Gasteiger charge is -2.15. The van der Waals surface area contributed by atoms with Crippen molar-refractivity contribution in [1.82, 2.24) is 34.6 Å². The Morgan fingerprint density at radius 2 is 1.95 bits per heavy atom. The molecule has 0 aromatic carbocycles. The third-order valence-electron chi connectivity index (χ3n) is 7.38. The van der Waals surface area contributed by atoms with Crippen molar-refractivity contribution < 1.29 is 14.4 Å². The monoisotopic (exact) mass is 538 g/mol. The number of imide groups is 1. The van der Waals surface area contributed by atoms with Gasteiger partial charge in [0.2, 0.25) is 11.8 Å². The van der Waals surface area contributed by atoms with Crippen LogP contribution in [0.4, 0.5) is 22.1 Å². The van der Waals surface area contributed by atoms with E-state index in [1.54, 1.807) is 12.3 Å². The Morgan fingerprint density at radius 1 is 1.10 bits per heavy atom. The third kappa shape index (κ3) is 4.70. The number of pyridine rings is 1. The molecule has 2 saturated carbocycles. The normalized spacial score (nSPS) is 20.1. The van der Waals surface area contributed by atoms with Gasteiger partial charge in [0.25, 0.3) is 0 Å². The van der Waals surface area contributed by atoms with Crippen molar-refractivity contribution in [3.63, 3.8) is 0 Å². The molecule has 1 saturated heterocycles. The van der Waals surface area contributed by atoms with Crippen LogP contribution in [0.2, 0.25) is 0 Å². The third-order valence-corrected chi connectivity index (χ3v) is 7.38. The number of amides is 4. The molecular weight excluding hydrogens is 512 g/mol. The summed E-state index contributed by atoms with van der Waals surface area (Å²) in [6, 6.07) is 5.03. The van der Waals surface area contributed by atoms with Gasteiger partial charge in [-0.3, -0.25) is 19.8 Å². The first-order chi connectivity index (χ1) is 19.4. The zero-order chi connectivity index (χ0) is 27.4. The molecule has 7 rings (SSSR count). The van der Waals surface area contributed by atoms with Crippen LogP contribution >= 0.6 is 0 Å². The second-order valence-corrected chi connectivity index (χ2v) is 10.5. The number of fused-ring (bicyclic) bond motifs is 1. The molecule has 2 atom stereocenters.